The molecule has 2 heterocycles. The molecule has 0 aromatic rings. The summed E-state index contributed by atoms with van der Waals surface area (Å²) in [5.41, 5.74) is 0. The molecule has 0 aromatic heterocycles. The average Bonchev–Trinajstić information content (AvgIpc) is 2.83. The van der Waals surface area contributed by atoms with E-state index in [1.165, 1.54) is 0 Å². The summed E-state index contributed by atoms with van der Waals surface area (Å²) in [6, 6.07) is 0. The van der Waals surface area contributed by atoms with E-state index in [0.29, 0.717) is 25.0 Å². The first-order valence-corrected chi connectivity index (χ1v) is 6.24. The number of carbonyl (C=O) groups excluding carboxylic acids is 1. The summed E-state index contributed by atoms with van der Waals surface area (Å²) < 4.78 is 10.8. The maximum atomic E-state index is 11.9. The van der Waals surface area contributed by atoms with E-state index >= 15 is 0 Å². The van der Waals surface area contributed by atoms with Crippen LogP contribution < -0.4 is 0 Å². The van der Waals surface area contributed by atoms with Gasteiger partial charge in [0.25, 0.3) is 0 Å². The van der Waals surface area contributed by atoms with Gasteiger partial charge in [-0.15, -0.1) is 0 Å². The summed E-state index contributed by atoms with van der Waals surface area (Å²) in [5.74, 6) is 0.483. The van der Waals surface area contributed by atoms with Crippen LogP contribution in [0.4, 0.5) is 0 Å². The molecule has 0 bridgehead atoms. The Balaban J connectivity index is 1.77. The Morgan fingerprint density at radius 2 is 2.31 bits per heavy atom. The number of Topliss-reactive ketones (excluding diaryl/α,β-unsaturated/α-hetero) is 1. The van der Waals surface area contributed by atoms with Gasteiger partial charge < -0.3 is 9.47 Å². The van der Waals surface area contributed by atoms with Crippen molar-refractivity contribution in [3.63, 3.8) is 0 Å². The zero-order valence-electron chi connectivity index (χ0n) is 9.98. The van der Waals surface area contributed by atoms with Crippen molar-refractivity contribution in [2.45, 2.75) is 25.9 Å². The predicted octanol–water partition coefficient (Wildman–Crippen LogP) is 0.703. The minimum Gasteiger partial charge on any atom is -0.381 e. The summed E-state index contributed by atoms with van der Waals surface area (Å²) in [4.78, 5) is 14.2. The highest BCUT2D eigenvalue weighted by atomic mass is 16.5. The van der Waals surface area contributed by atoms with E-state index in [-0.39, 0.29) is 5.92 Å². The van der Waals surface area contributed by atoms with Gasteiger partial charge in [-0.1, -0.05) is 6.92 Å². The second-order valence-electron chi connectivity index (χ2n) is 4.66. The summed E-state index contributed by atoms with van der Waals surface area (Å²) in [6.07, 6.45) is 2.24. The second-order valence-corrected chi connectivity index (χ2v) is 4.66. The molecule has 0 aliphatic carbocycles. The molecule has 2 fully saturated rings. The summed E-state index contributed by atoms with van der Waals surface area (Å²) in [5, 5.41) is 0. The molecule has 92 valence electrons. The third-order valence-corrected chi connectivity index (χ3v) is 3.44. The number of carbonyl (C=O) groups is 1. The third-order valence-electron chi connectivity index (χ3n) is 3.44. The Kier molecular flexibility index (Phi) is 4.32. The lowest BCUT2D eigenvalue weighted by Gasteiger charge is -2.32. The van der Waals surface area contributed by atoms with Gasteiger partial charge >= 0.3 is 0 Å². The lowest BCUT2D eigenvalue weighted by Crippen LogP contribution is -2.45. The quantitative estimate of drug-likeness (QED) is 0.709. The normalized spacial score (nSPS) is 31.8. The molecule has 2 saturated heterocycles. The summed E-state index contributed by atoms with van der Waals surface area (Å²) >= 11 is 0. The van der Waals surface area contributed by atoms with Crippen molar-refractivity contribution in [3.05, 3.63) is 0 Å². The lowest BCUT2D eigenvalue weighted by molar-refractivity contribution is -0.126. The number of hydrogen-bond acceptors (Lipinski definition) is 4. The zero-order chi connectivity index (χ0) is 11.4. The highest BCUT2D eigenvalue weighted by Gasteiger charge is 2.27. The van der Waals surface area contributed by atoms with E-state index in [0.717, 1.165) is 39.1 Å². The highest BCUT2D eigenvalue weighted by Crippen LogP contribution is 2.15. The van der Waals surface area contributed by atoms with Crippen LogP contribution in [0.25, 0.3) is 0 Å². The molecule has 4 nitrogen and oxygen atoms in total. The number of nitrogens with zero attached hydrogens (tertiary/aromatic N) is 1. The molecule has 0 saturated carbocycles. The fourth-order valence-corrected chi connectivity index (χ4v) is 2.31. The standard InChI is InChI=1S/C12H21NO3/c1-2-11-7-13(4-6-16-11)8-12(14)10-3-5-15-9-10/h10-11H,2-9H2,1H3. The average molecular weight is 227 g/mol. The second kappa shape index (κ2) is 5.75. The van der Waals surface area contributed by atoms with Crippen LogP contribution in [0.5, 0.6) is 0 Å². The van der Waals surface area contributed by atoms with Crippen LogP contribution in [0.3, 0.4) is 0 Å². The van der Waals surface area contributed by atoms with Gasteiger partial charge in [0, 0.05) is 25.6 Å². The molecule has 0 aromatic carbocycles. The van der Waals surface area contributed by atoms with Gasteiger partial charge in [-0.3, -0.25) is 9.69 Å². The SMILES string of the molecule is CCC1CN(CC(=O)C2CCOC2)CCO1. The molecule has 0 spiro atoms. The van der Waals surface area contributed by atoms with E-state index in [2.05, 4.69) is 11.8 Å². The largest absolute Gasteiger partial charge is 0.381 e. The molecule has 16 heavy (non-hydrogen) atoms. The van der Waals surface area contributed by atoms with E-state index < -0.39 is 0 Å². The van der Waals surface area contributed by atoms with Crippen molar-refractivity contribution in [1.82, 2.24) is 4.90 Å². The number of ketones is 1. The van der Waals surface area contributed by atoms with E-state index in [1.54, 1.807) is 0 Å². The smallest absolute Gasteiger partial charge is 0.152 e. The molecular weight excluding hydrogens is 206 g/mol. The highest BCUT2D eigenvalue weighted by molar-refractivity contribution is 5.83. The van der Waals surface area contributed by atoms with E-state index in [4.69, 9.17) is 9.47 Å². The maximum absolute atomic E-state index is 11.9. The van der Waals surface area contributed by atoms with Crippen molar-refractivity contribution in [1.29, 1.82) is 0 Å². The molecule has 0 amide bonds. The fourth-order valence-electron chi connectivity index (χ4n) is 2.31. The van der Waals surface area contributed by atoms with Crippen molar-refractivity contribution < 1.29 is 14.3 Å². The fraction of sp³-hybridized carbons (Fsp3) is 0.917. The first-order valence-electron chi connectivity index (χ1n) is 6.24. The predicted molar refractivity (Wildman–Crippen MR) is 60.4 cm³/mol. The monoisotopic (exact) mass is 227 g/mol. The van der Waals surface area contributed by atoms with Gasteiger partial charge in [0.1, 0.15) is 0 Å². The molecule has 0 N–H and O–H groups in total. The van der Waals surface area contributed by atoms with Crippen LogP contribution in [0.2, 0.25) is 0 Å². The van der Waals surface area contributed by atoms with Crippen LogP contribution >= 0.6 is 0 Å². The Morgan fingerprint density at radius 1 is 1.44 bits per heavy atom. The van der Waals surface area contributed by atoms with E-state index in [9.17, 15) is 4.79 Å². The minimum absolute atomic E-state index is 0.142. The molecule has 4 heteroatoms. The van der Waals surface area contributed by atoms with Crippen molar-refractivity contribution in [2.75, 3.05) is 39.5 Å². The molecule has 2 aliphatic heterocycles. The van der Waals surface area contributed by atoms with Crippen LogP contribution in [0.1, 0.15) is 19.8 Å². The molecular formula is C12H21NO3. The number of hydrogen-bond donors (Lipinski definition) is 0. The van der Waals surface area contributed by atoms with Gasteiger partial charge in [0.15, 0.2) is 5.78 Å². The van der Waals surface area contributed by atoms with Crippen LogP contribution in [-0.4, -0.2) is 56.2 Å². The number of ether oxygens (including phenoxy) is 2. The van der Waals surface area contributed by atoms with Crippen LogP contribution in [0, 0.1) is 5.92 Å². The zero-order valence-corrected chi connectivity index (χ0v) is 9.98. The van der Waals surface area contributed by atoms with Gasteiger partial charge in [-0.05, 0) is 12.8 Å². The van der Waals surface area contributed by atoms with Crippen LogP contribution in [0.15, 0.2) is 0 Å². The van der Waals surface area contributed by atoms with Crippen LogP contribution in [-0.2, 0) is 14.3 Å². The third kappa shape index (κ3) is 3.03. The Bertz CT molecular complexity index is 238. The molecule has 2 atom stereocenters. The maximum Gasteiger partial charge on any atom is 0.152 e. The van der Waals surface area contributed by atoms with E-state index in [1.807, 2.05) is 0 Å². The van der Waals surface area contributed by atoms with Gasteiger partial charge in [-0.2, -0.15) is 0 Å². The van der Waals surface area contributed by atoms with Crippen molar-refractivity contribution in [3.8, 4) is 0 Å². The first-order chi connectivity index (χ1) is 7.79. The number of rotatable bonds is 4. The molecule has 2 aliphatic rings. The Labute approximate surface area is 96.9 Å². The molecule has 0 radical (unpaired) electrons. The van der Waals surface area contributed by atoms with Crippen molar-refractivity contribution >= 4 is 5.78 Å². The summed E-state index contributed by atoms with van der Waals surface area (Å²) in [6.45, 7) is 6.62. The minimum atomic E-state index is 0.142. The summed E-state index contributed by atoms with van der Waals surface area (Å²) in [7, 11) is 0. The molecule has 2 rings (SSSR count). The Morgan fingerprint density at radius 3 is 3.00 bits per heavy atom. The van der Waals surface area contributed by atoms with Gasteiger partial charge in [-0.25, -0.2) is 0 Å². The Hall–Kier alpha value is -0.450. The first kappa shape index (κ1) is 12.0. The van der Waals surface area contributed by atoms with Gasteiger partial charge in [0.2, 0.25) is 0 Å². The molecule has 2 unspecified atom stereocenters. The van der Waals surface area contributed by atoms with Gasteiger partial charge in [0.05, 0.1) is 25.9 Å². The topological polar surface area (TPSA) is 38.8 Å². The number of morpholine rings is 1. The lowest BCUT2D eigenvalue weighted by atomic mass is 10.0. The van der Waals surface area contributed by atoms with Crippen molar-refractivity contribution in [2.24, 2.45) is 5.92 Å².